The van der Waals surface area contributed by atoms with Gasteiger partial charge in [-0.2, -0.15) is 0 Å². The van der Waals surface area contributed by atoms with Crippen molar-refractivity contribution < 1.29 is 4.79 Å². The van der Waals surface area contributed by atoms with Crippen LogP contribution in [0.1, 0.15) is 34.5 Å². The zero-order valence-corrected chi connectivity index (χ0v) is 15.3. The third-order valence-corrected chi connectivity index (χ3v) is 4.29. The van der Waals surface area contributed by atoms with E-state index in [9.17, 15) is 4.79 Å². The Kier molecular flexibility index (Phi) is 5.77. The highest BCUT2D eigenvalue weighted by molar-refractivity contribution is 7.80. The minimum atomic E-state index is -0.0617. The lowest BCUT2D eigenvalue weighted by Crippen LogP contribution is -2.33. The second kappa shape index (κ2) is 8.41. The van der Waals surface area contributed by atoms with Gasteiger partial charge in [-0.1, -0.05) is 72.8 Å². The number of thiocarbonyl (C=S) groups is 1. The van der Waals surface area contributed by atoms with Crippen molar-refractivity contribution in [2.75, 3.05) is 5.32 Å². The molecule has 0 unspecified atom stereocenters. The lowest BCUT2D eigenvalue weighted by Gasteiger charge is -2.22. The van der Waals surface area contributed by atoms with E-state index in [0.717, 1.165) is 16.8 Å². The molecule has 0 aromatic heterocycles. The summed E-state index contributed by atoms with van der Waals surface area (Å²) in [5.41, 5.74) is 3.69. The topological polar surface area (TPSA) is 41.1 Å². The van der Waals surface area contributed by atoms with Crippen molar-refractivity contribution in [3.8, 4) is 0 Å². The molecule has 0 saturated heterocycles. The maximum Gasteiger partial charge on any atom is 0.171 e. The van der Waals surface area contributed by atoms with Crippen molar-refractivity contribution in [1.82, 2.24) is 5.32 Å². The molecule has 26 heavy (non-hydrogen) atoms. The largest absolute Gasteiger partial charge is 0.352 e. The number of hydrogen-bond donors (Lipinski definition) is 2. The molecule has 2 N–H and O–H groups in total. The molecule has 4 heteroatoms. The van der Waals surface area contributed by atoms with E-state index in [0.29, 0.717) is 10.7 Å². The van der Waals surface area contributed by atoms with Crippen LogP contribution in [-0.2, 0) is 0 Å². The third kappa shape index (κ3) is 4.55. The van der Waals surface area contributed by atoms with Crippen LogP contribution in [0, 0.1) is 0 Å². The Bertz CT molecular complexity index is 855. The second-order valence-corrected chi connectivity index (χ2v) is 6.40. The Hall–Kier alpha value is -2.98. The van der Waals surface area contributed by atoms with E-state index in [1.165, 1.54) is 0 Å². The summed E-state index contributed by atoms with van der Waals surface area (Å²) in [6.07, 6.45) is 0. The van der Waals surface area contributed by atoms with Crippen molar-refractivity contribution in [2.24, 2.45) is 0 Å². The zero-order valence-electron chi connectivity index (χ0n) is 14.5. The first-order chi connectivity index (χ1) is 12.6. The Morgan fingerprint density at radius 2 is 1.42 bits per heavy atom. The maximum atomic E-state index is 11.6. The van der Waals surface area contributed by atoms with Gasteiger partial charge in [-0.3, -0.25) is 4.79 Å². The molecule has 0 aliphatic carbocycles. The van der Waals surface area contributed by atoms with E-state index >= 15 is 0 Å². The van der Waals surface area contributed by atoms with E-state index < -0.39 is 0 Å². The molecule has 0 radical (unpaired) electrons. The minimum absolute atomic E-state index is 0.0268. The summed E-state index contributed by atoms with van der Waals surface area (Å²) in [7, 11) is 0. The van der Waals surface area contributed by atoms with Gasteiger partial charge in [0.25, 0.3) is 0 Å². The SMILES string of the molecule is CC(=O)c1cccc(NC(=S)NC(c2ccccc2)c2ccccc2)c1. The van der Waals surface area contributed by atoms with Crippen LogP contribution in [-0.4, -0.2) is 10.9 Å². The highest BCUT2D eigenvalue weighted by Crippen LogP contribution is 2.22. The lowest BCUT2D eigenvalue weighted by atomic mass is 9.99. The van der Waals surface area contributed by atoms with Gasteiger partial charge in [0.2, 0.25) is 0 Å². The monoisotopic (exact) mass is 360 g/mol. The minimum Gasteiger partial charge on any atom is -0.352 e. The molecule has 0 saturated carbocycles. The van der Waals surface area contributed by atoms with E-state index in [2.05, 4.69) is 34.9 Å². The van der Waals surface area contributed by atoms with Crippen LogP contribution in [0.2, 0.25) is 0 Å². The Morgan fingerprint density at radius 1 is 0.846 bits per heavy atom. The summed E-state index contributed by atoms with van der Waals surface area (Å²) in [4.78, 5) is 11.6. The first-order valence-corrected chi connectivity index (χ1v) is 8.83. The van der Waals surface area contributed by atoms with Crippen LogP contribution in [0.25, 0.3) is 0 Å². The van der Waals surface area contributed by atoms with Crippen LogP contribution in [0.4, 0.5) is 5.69 Å². The van der Waals surface area contributed by atoms with Crippen molar-refractivity contribution in [1.29, 1.82) is 0 Å². The predicted octanol–water partition coefficient (Wildman–Crippen LogP) is 4.97. The summed E-state index contributed by atoms with van der Waals surface area (Å²) in [5.74, 6) is 0.0268. The molecule has 0 aliphatic rings. The van der Waals surface area contributed by atoms with Crippen molar-refractivity contribution in [2.45, 2.75) is 13.0 Å². The highest BCUT2D eigenvalue weighted by atomic mass is 32.1. The van der Waals surface area contributed by atoms with E-state index in [-0.39, 0.29) is 11.8 Å². The molecular formula is C22H20N2OS. The normalized spacial score (nSPS) is 10.4. The summed E-state index contributed by atoms with van der Waals surface area (Å²) < 4.78 is 0. The molecule has 0 aliphatic heterocycles. The molecule has 0 amide bonds. The molecule has 3 nitrogen and oxygen atoms in total. The Morgan fingerprint density at radius 3 is 1.96 bits per heavy atom. The highest BCUT2D eigenvalue weighted by Gasteiger charge is 2.15. The van der Waals surface area contributed by atoms with E-state index in [4.69, 9.17) is 12.2 Å². The number of ketones is 1. The van der Waals surface area contributed by atoms with Gasteiger partial charge in [0.15, 0.2) is 10.9 Å². The molecule has 130 valence electrons. The third-order valence-electron chi connectivity index (χ3n) is 4.07. The smallest absolute Gasteiger partial charge is 0.171 e. The fourth-order valence-electron chi connectivity index (χ4n) is 2.76. The number of Topliss-reactive ketones (excluding diaryl/α,β-unsaturated/α-hetero) is 1. The van der Waals surface area contributed by atoms with Crippen LogP contribution in [0.3, 0.4) is 0 Å². The van der Waals surface area contributed by atoms with Crippen molar-refractivity contribution in [3.05, 3.63) is 102 Å². The van der Waals surface area contributed by atoms with Gasteiger partial charge in [-0.15, -0.1) is 0 Å². The summed E-state index contributed by atoms with van der Waals surface area (Å²) >= 11 is 5.51. The van der Waals surface area contributed by atoms with E-state index in [1.54, 1.807) is 19.1 Å². The number of benzene rings is 3. The number of hydrogen-bond acceptors (Lipinski definition) is 2. The van der Waals surface area contributed by atoms with Crippen molar-refractivity contribution in [3.63, 3.8) is 0 Å². The van der Waals surface area contributed by atoms with Gasteiger partial charge in [0.1, 0.15) is 0 Å². The average molecular weight is 360 g/mol. The molecule has 0 bridgehead atoms. The fraction of sp³-hybridized carbons (Fsp3) is 0.0909. The van der Waals surface area contributed by atoms with Crippen LogP contribution < -0.4 is 10.6 Å². The molecule has 0 heterocycles. The van der Waals surface area contributed by atoms with Crippen LogP contribution in [0.5, 0.6) is 0 Å². The molecule has 0 fully saturated rings. The van der Waals surface area contributed by atoms with Gasteiger partial charge in [0.05, 0.1) is 6.04 Å². The summed E-state index contributed by atoms with van der Waals surface area (Å²) in [5, 5.41) is 7.06. The van der Waals surface area contributed by atoms with Gasteiger partial charge in [-0.05, 0) is 42.4 Å². The lowest BCUT2D eigenvalue weighted by molar-refractivity contribution is 0.101. The summed E-state index contributed by atoms with van der Waals surface area (Å²) in [6, 6.07) is 27.6. The van der Waals surface area contributed by atoms with Gasteiger partial charge in [-0.25, -0.2) is 0 Å². The number of rotatable bonds is 5. The van der Waals surface area contributed by atoms with Crippen LogP contribution >= 0.6 is 12.2 Å². The molecule has 0 spiro atoms. The Balaban J connectivity index is 1.80. The molecule has 0 atom stereocenters. The number of carbonyl (C=O) groups is 1. The van der Waals surface area contributed by atoms with Gasteiger partial charge >= 0.3 is 0 Å². The number of nitrogens with one attached hydrogen (secondary N) is 2. The van der Waals surface area contributed by atoms with E-state index in [1.807, 2.05) is 48.5 Å². The first-order valence-electron chi connectivity index (χ1n) is 8.42. The second-order valence-electron chi connectivity index (χ2n) is 5.99. The Labute approximate surface area is 159 Å². The fourth-order valence-corrected chi connectivity index (χ4v) is 3.00. The molecule has 3 rings (SSSR count). The van der Waals surface area contributed by atoms with Gasteiger partial charge < -0.3 is 10.6 Å². The quantitative estimate of drug-likeness (QED) is 0.498. The predicted molar refractivity (Wildman–Crippen MR) is 111 cm³/mol. The zero-order chi connectivity index (χ0) is 18.4. The first kappa shape index (κ1) is 17.8. The molecule has 3 aromatic rings. The number of anilines is 1. The summed E-state index contributed by atoms with van der Waals surface area (Å²) in [6.45, 7) is 1.55. The average Bonchev–Trinajstić information content (AvgIpc) is 2.67. The molecule has 3 aromatic carbocycles. The number of carbonyl (C=O) groups excluding carboxylic acids is 1. The maximum absolute atomic E-state index is 11.6. The van der Waals surface area contributed by atoms with Gasteiger partial charge in [0, 0.05) is 11.3 Å². The molecular weight excluding hydrogens is 340 g/mol. The standard InChI is InChI=1S/C22H20N2OS/c1-16(25)19-13-8-14-20(15-19)23-22(26)24-21(17-9-4-2-5-10-17)18-11-6-3-7-12-18/h2-15,21H,1H3,(H2,23,24,26). The van der Waals surface area contributed by atoms with Crippen LogP contribution in [0.15, 0.2) is 84.9 Å². The van der Waals surface area contributed by atoms with Crippen molar-refractivity contribution >= 4 is 28.8 Å².